The minimum absolute atomic E-state index is 0.0470. The molecule has 0 aromatic carbocycles. The first-order valence-electron chi connectivity index (χ1n) is 9.96. The first-order chi connectivity index (χ1) is 14.6. The predicted octanol–water partition coefficient (Wildman–Crippen LogP) is 3.28. The van der Waals surface area contributed by atoms with Gasteiger partial charge in [0.25, 0.3) is 0 Å². The average Bonchev–Trinajstić information content (AvgIpc) is 3.48. The Morgan fingerprint density at radius 1 is 1.13 bits per heavy atom. The van der Waals surface area contributed by atoms with Gasteiger partial charge >= 0.3 is 0 Å². The maximum atomic E-state index is 5.61. The van der Waals surface area contributed by atoms with Gasteiger partial charge in [-0.25, -0.2) is 9.97 Å². The van der Waals surface area contributed by atoms with E-state index in [2.05, 4.69) is 30.1 Å². The number of pyridine rings is 1. The zero-order valence-electron chi connectivity index (χ0n) is 17.1. The van der Waals surface area contributed by atoms with Gasteiger partial charge in [0.15, 0.2) is 0 Å². The Hall–Kier alpha value is -3.62. The number of aryl methyl sites for hydroxylation is 2. The number of hydrogen-bond acceptors (Lipinski definition) is 8. The lowest BCUT2D eigenvalue weighted by atomic mass is 10.1. The Morgan fingerprint density at radius 2 is 2.03 bits per heavy atom. The van der Waals surface area contributed by atoms with Crippen molar-refractivity contribution in [3.8, 4) is 22.6 Å². The Labute approximate surface area is 173 Å². The Balaban J connectivity index is 1.47. The minimum Gasteiger partial charge on any atom is -0.337 e. The van der Waals surface area contributed by atoms with Gasteiger partial charge in [-0.15, -0.1) is 0 Å². The van der Waals surface area contributed by atoms with Crippen molar-refractivity contribution >= 4 is 5.95 Å². The number of anilines is 1. The maximum Gasteiger partial charge on any atom is 0.249 e. The monoisotopic (exact) mass is 402 g/mol. The number of nitrogens with zero attached hydrogens (tertiary/aromatic N) is 8. The Kier molecular flexibility index (Phi) is 4.50. The van der Waals surface area contributed by atoms with Gasteiger partial charge in [0.05, 0.1) is 11.4 Å². The van der Waals surface area contributed by atoms with E-state index in [1.807, 2.05) is 43.8 Å². The standard InChI is InChI=1S/C21H22N8O/c1-13-18(14(2)28(3)26-13)16-8-10-23-21(24-16)29-11-5-7-17(29)20-25-19(27-30-20)15-6-4-9-22-12-15/h4,6,8-10,12,17H,5,7,11H2,1-3H3/t17-/m1/s1. The van der Waals surface area contributed by atoms with Gasteiger partial charge in [-0.2, -0.15) is 10.1 Å². The zero-order valence-corrected chi connectivity index (χ0v) is 17.1. The molecular formula is C21H22N8O. The normalized spacial score (nSPS) is 16.4. The molecule has 0 radical (unpaired) electrons. The van der Waals surface area contributed by atoms with Crippen molar-refractivity contribution in [1.29, 1.82) is 0 Å². The number of rotatable bonds is 4. The van der Waals surface area contributed by atoms with E-state index < -0.39 is 0 Å². The molecule has 9 nitrogen and oxygen atoms in total. The molecule has 0 saturated carbocycles. The molecule has 1 aliphatic rings. The van der Waals surface area contributed by atoms with E-state index in [0.717, 1.165) is 47.6 Å². The highest BCUT2D eigenvalue weighted by Crippen LogP contribution is 2.35. The van der Waals surface area contributed by atoms with Crippen LogP contribution in [0.3, 0.4) is 0 Å². The highest BCUT2D eigenvalue weighted by Gasteiger charge is 2.33. The van der Waals surface area contributed by atoms with Gasteiger partial charge in [-0.05, 0) is 44.9 Å². The van der Waals surface area contributed by atoms with E-state index in [9.17, 15) is 0 Å². The summed E-state index contributed by atoms with van der Waals surface area (Å²) in [6, 6.07) is 5.65. The second-order valence-electron chi connectivity index (χ2n) is 7.46. The summed E-state index contributed by atoms with van der Waals surface area (Å²) in [6.45, 7) is 4.89. The molecule has 1 aliphatic heterocycles. The molecule has 0 amide bonds. The van der Waals surface area contributed by atoms with E-state index in [4.69, 9.17) is 9.51 Å². The molecule has 0 spiro atoms. The molecule has 0 bridgehead atoms. The van der Waals surface area contributed by atoms with E-state index in [1.54, 1.807) is 18.6 Å². The molecule has 1 fully saturated rings. The smallest absolute Gasteiger partial charge is 0.249 e. The minimum atomic E-state index is -0.0470. The Morgan fingerprint density at radius 3 is 2.80 bits per heavy atom. The zero-order chi connectivity index (χ0) is 20.7. The van der Waals surface area contributed by atoms with Gasteiger partial charge in [0, 0.05) is 49.0 Å². The fraction of sp³-hybridized carbons (Fsp3) is 0.333. The summed E-state index contributed by atoms with van der Waals surface area (Å²) in [5.41, 5.74) is 4.78. The second kappa shape index (κ2) is 7.33. The van der Waals surface area contributed by atoms with Gasteiger partial charge in [0.2, 0.25) is 17.7 Å². The third-order valence-electron chi connectivity index (χ3n) is 5.56. The van der Waals surface area contributed by atoms with Crippen LogP contribution in [0.1, 0.15) is 36.2 Å². The van der Waals surface area contributed by atoms with Crippen molar-refractivity contribution in [1.82, 2.24) is 34.9 Å². The van der Waals surface area contributed by atoms with Crippen LogP contribution < -0.4 is 4.90 Å². The molecule has 0 unspecified atom stereocenters. The third kappa shape index (κ3) is 3.12. The van der Waals surface area contributed by atoms with Gasteiger partial charge in [-0.3, -0.25) is 9.67 Å². The van der Waals surface area contributed by atoms with Crippen molar-refractivity contribution in [3.63, 3.8) is 0 Å². The summed E-state index contributed by atoms with van der Waals surface area (Å²) < 4.78 is 7.49. The average molecular weight is 402 g/mol. The quantitative estimate of drug-likeness (QED) is 0.513. The van der Waals surface area contributed by atoms with Crippen LogP contribution in [0, 0.1) is 13.8 Å². The largest absolute Gasteiger partial charge is 0.337 e. The van der Waals surface area contributed by atoms with Crippen molar-refractivity contribution in [2.45, 2.75) is 32.7 Å². The predicted molar refractivity (Wildman–Crippen MR) is 111 cm³/mol. The van der Waals surface area contributed by atoms with Crippen LogP contribution in [0.4, 0.5) is 5.95 Å². The Bertz CT molecular complexity index is 1180. The van der Waals surface area contributed by atoms with Gasteiger partial charge in [-0.1, -0.05) is 5.16 Å². The summed E-state index contributed by atoms with van der Waals surface area (Å²) in [6.07, 6.45) is 7.17. The third-order valence-corrected chi connectivity index (χ3v) is 5.56. The summed E-state index contributed by atoms with van der Waals surface area (Å²) in [7, 11) is 1.94. The van der Waals surface area contributed by atoms with E-state index in [1.165, 1.54) is 0 Å². The fourth-order valence-corrected chi connectivity index (χ4v) is 4.02. The van der Waals surface area contributed by atoms with Crippen molar-refractivity contribution < 1.29 is 4.52 Å². The van der Waals surface area contributed by atoms with Crippen LogP contribution in [0.2, 0.25) is 0 Å². The fourth-order valence-electron chi connectivity index (χ4n) is 4.02. The van der Waals surface area contributed by atoms with Crippen LogP contribution >= 0.6 is 0 Å². The van der Waals surface area contributed by atoms with Crippen molar-refractivity contribution in [3.05, 3.63) is 54.1 Å². The molecule has 4 aromatic heterocycles. The lowest BCUT2D eigenvalue weighted by molar-refractivity contribution is 0.354. The molecule has 4 aromatic rings. The lowest BCUT2D eigenvalue weighted by Gasteiger charge is -2.22. The molecular weight excluding hydrogens is 380 g/mol. The highest BCUT2D eigenvalue weighted by atomic mass is 16.5. The topological polar surface area (TPSA) is 98.7 Å². The van der Waals surface area contributed by atoms with Crippen LogP contribution in [0.15, 0.2) is 41.3 Å². The molecule has 1 saturated heterocycles. The van der Waals surface area contributed by atoms with E-state index >= 15 is 0 Å². The van der Waals surface area contributed by atoms with Gasteiger partial charge in [0.1, 0.15) is 6.04 Å². The molecule has 5 heterocycles. The molecule has 1 atom stereocenters. The van der Waals surface area contributed by atoms with Crippen LogP contribution in [-0.2, 0) is 7.05 Å². The molecule has 0 N–H and O–H groups in total. The number of hydrogen-bond donors (Lipinski definition) is 0. The highest BCUT2D eigenvalue weighted by molar-refractivity contribution is 5.65. The maximum absolute atomic E-state index is 5.61. The van der Waals surface area contributed by atoms with Crippen molar-refractivity contribution in [2.24, 2.45) is 7.05 Å². The molecule has 30 heavy (non-hydrogen) atoms. The summed E-state index contributed by atoms with van der Waals surface area (Å²) in [5.74, 6) is 1.79. The first kappa shape index (κ1) is 18.4. The van der Waals surface area contributed by atoms with E-state index in [-0.39, 0.29) is 6.04 Å². The van der Waals surface area contributed by atoms with Crippen LogP contribution in [0.5, 0.6) is 0 Å². The van der Waals surface area contributed by atoms with Gasteiger partial charge < -0.3 is 9.42 Å². The second-order valence-corrected chi connectivity index (χ2v) is 7.46. The van der Waals surface area contributed by atoms with Crippen LogP contribution in [0.25, 0.3) is 22.6 Å². The molecule has 9 heteroatoms. The molecule has 5 rings (SSSR count). The summed E-state index contributed by atoms with van der Waals surface area (Å²) >= 11 is 0. The molecule has 152 valence electrons. The molecule has 0 aliphatic carbocycles. The van der Waals surface area contributed by atoms with Crippen molar-refractivity contribution in [2.75, 3.05) is 11.4 Å². The first-order valence-corrected chi connectivity index (χ1v) is 9.96. The lowest BCUT2D eigenvalue weighted by Crippen LogP contribution is -2.25. The summed E-state index contributed by atoms with van der Waals surface area (Å²) in [5, 5.41) is 8.66. The summed E-state index contributed by atoms with van der Waals surface area (Å²) in [4.78, 5) is 20.3. The number of aromatic nitrogens is 7. The SMILES string of the molecule is Cc1nn(C)c(C)c1-c1ccnc(N2CCC[C@@H]2c2nc(-c3cccnc3)no2)n1. The van der Waals surface area contributed by atoms with Crippen LogP contribution in [-0.4, -0.2) is 41.4 Å². The van der Waals surface area contributed by atoms with E-state index in [0.29, 0.717) is 17.7 Å².